The highest BCUT2D eigenvalue weighted by atomic mass is 16.5. The van der Waals surface area contributed by atoms with Crippen molar-refractivity contribution in [2.75, 3.05) is 19.8 Å². The molecule has 120 valence electrons. The Balaban J connectivity index is 1.52. The van der Waals surface area contributed by atoms with Gasteiger partial charge in [0, 0.05) is 36.6 Å². The monoisotopic (exact) mass is 311 g/mol. The largest absolute Gasteiger partial charge is 0.493 e. The summed E-state index contributed by atoms with van der Waals surface area (Å²) in [4.78, 5) is 0. The van der Waals surface area contributed by atoms with Crippen molar-refractivity contribution >= 4 is 0 Å². The molecular weight excluding hydrogens is 290 g/mol. The van der Waals surface area contributed by atoms with E-state index in [-0.39, 0.29) is 0 Å². The summed E-state index contributed by atoms with van der Waals surface area (Å²) >= 11 is 0. The highest BCUT2D eigenvalue weighted by Gasteiger charge is 2.21. The second-order valence-corrected chi connectivity index (χ2v) is 5.90. The SMILES string of the molecule is c1ccc2c(c1)OCC[C@@H]2NCc1cccc2c1OCCCO2. The molecule has 1 atom stereocenters. The molecule has 23 heavy (non-hydrogen) atoms. The van der Waals surface area contributed by atoms with Crippen molar-refractivity contribution in [1.82, 2.24) is 5.32 Å². The maximum Gasteiger partial charge on any atom is 0.165 e. The van der Waals surface area contributed by atoms with Crippen LogP contribution in [0.15, 0.2) is 42.5 Å². The fourth-order valence-electron chi connectivity index (χ4n) is 3.18. The molecule has 4 heteroatoms. The van der Waals surface area contributed by atoms with E-state index in [9.17, 15) is 0 Å². The number of fused-ring (bicyclic) bond motifs is 2. The van der Waals surface area contributed by atoms with E-state index in [1.54, 1.807) is 0 Å². The molecule has 0 saturated heterocycles. The third kappa shape index (κ3) is 2.99. The van der Waals surface area contributed by atoms with Crippen LogP contribution >= 0.6 is 0 Å². The zero-order chi connectivity index (χ0) is 15.5. The third-order valence-electron chi connectivity index (χ3n) is 4.35. The van der Waals surface area contributed by atoms with Crippen molar-refractivity contribution in [3.05, 3.63) is 53.6 Å². The van der Waals surface area contributed by atoms with E-state index in [4.69, 9.17) is 14.2 Å². The minimum Gasteiger partial charge on any atom is -0.493 e. The van der Waals surface area contributed by atoms with Gasteiger partial charge in [0.15, 0.2) is 11.5 Å². The number of benzene rings is 2. The van der Waals surface area contributed by atoms with Gasteiger partial charge in [-0.2, -0.15) is 0 Å². The highest BCUT2D eigenvalue weighted by Crippen LogP contribution is 2.35. The molecule has 0 spiro atoms. The molecule has 0 amide bonds. The van der Waals surface area contributed by atoms with E-state index in [2.05, 4.69) is 23.5 Å². The quantitative estimate of drug-likeness (QED) is 0.942. The first kappa shape index (κ1) is 14.4. The number of hydrogen-bond donors (Lipinski definition) is 1. The van der Waals surface area contributed by atoms with Crippen LogP contribution in [0, 0.1) is 0 Å². The molecule has 2 aliphatic heterocycles. The predicted octanol–water partition coefficient (Wildman–Crippen LogP) is 3.46. The molecule has 0 bridgehead atoms. The topological polar surface area (TPSA) is 39.7 Å². The number of hydrogen-bond acceptors (Lipinski definition) is 4. The molecule has 0 saturated carbocycles. The second-order valence-electron chi connectivity index (χ2n) is 5.90. The number of para-hydroxylation sites is 2. The van der Waals surface area contributed by atoms with Gasteiger partial charge in [0.2, 0.25) is 0 Å². The minimum atomic E-state index is 0.308. The first-order valence-electron chi connectivity index (χ1n) is 8.24. The first-order valence-corrected chi connectivity index (χ1v) is 8.24. The fraction of sp³-hybridized carbons (Fsp3) is 0.368. The van der Waals surface area contributed by atoms with Crippen LogP contribution in [0.5, 0.6) is 17.2 Å². The first-order chi connectivity index (χ1) is 11.4. The summed E-state index contributed by atoms with van der Waals surface area (Å²) in [5.74, 6) is 2.73. The van der Waals surface area contributed by atoms with Gasteiger partial charge in [-0.25, -0.2) is 0 Å². The number of ether oxygens (including phenoxy) is 3. The Hall–Kier alpha value is -2.20. The summed E-state index contributed by atoms with van der Waals surface area (Å²) in [6, 6.07) is 14.7. The molecule has 4 nitrogen and oxygen atoms in total. The molecule has 0 aromatic heterocycles. The molecule has 4 rings (SSSR count). The van der Waals surface area contributed by atoms with Crippen molar-refractivity contribution in [3.8, 4) is 17.2 Å². The Labute approximate surface area is 136 Å². The van der Waals surface area contributed by atoms with E-state index in [1.807, 2.05) is 24.3 Å². The normalized spacial score (nSPS) is 19.4. The molecule has 2 heterocycles. The van der Waals surface area contributed by atoms with Gasteiger partial charge in [-0.15, -0.1) is 0 Å². The van der Waals surface area contributed by atoms with Crippen LogP contribution in [0.1, 0.15) is 30.0 Å². The smallest absolute Gasteiger partial charge is 0.165 e. The van der Waals surface area contributed by atoms with Gasteiger partial charge in [0.25, 0.3) is 0 Å². The fourth-order valence-corrected chi connectivity index (χ4v) is 3.18. The molecule has 0 fully saturated rings. The van der Waals surface area contributed by atoms with E-state index < -0.39 is 0 Å². The Bertz CT molecular complexity index is 686. The maximum absolute atomic E-state index is 5.90. The van der Waals surface area contributed by atoms with Gasteiger partial charge in [-0.05, 0) is 12.1 Å². The molecule has 1 N–H and O–H groups in total. The van der Waals surface area contributed by atoms with E-state index >= 15 is 0 Å². The third-order valence-corrected chi connectivity index (χ3v) is 4.35. The lowest BCUT2D eigenvalue weighted by molar-refractivity contribution is 0.251. The van der Waals surface area contributed by atoms with Gasteiger partial charge in [0.05, 0.1) is 19.8 Å². The van der Waals surface area contributed by atoms with Gasteiger partial charge in [0.1, 0.15) is 5.75 Å². The summed E-state index contributed by atoms with van der Waals surface area (Å²) in [6.07, 6.45) is 1.90. The predicted molar refractivity (Wildman–Crippen MR) is 88.2 cm³/mol. The Morgan fingerprint density at radius 3 is 2.70 bits per heavy atom. The van der Waals surface area contributed by atoms with Crippen LogP contribution in [0.4, 0.5) is 0 Å². The van der Waals surface area contributed by atoms with Crippen molar-refractivity contribution in [2.45, 2.75) is 25.4 Å². The standard InChI is InChI=1S/C19H21NO3/c1-2-7-17-15(6-1)16(9-12-22-17)20-13-14-5-3-8-18-19(14)23-11-4-10-21-18/h1-3,5-8,16,20H,4,9-13H2/t16-/m0/s1. The molecular formula is C19H21NO3. The van der Waals surface area contributed by atoms with Gasteiger partial charge in [-0.3, -0.25) is 0 Å². The molecule has 2 aromatic carbocycles. The minimum absolute atomic E-state index is 0.308. The molecule has 2 aliphatic rings. The highest BCUT2D eigenvalue weighted by molar-refractivity contribution is 5.47. The zero-order valence-electron chi connectivity index (χ0n) is 13.1. The summed E-state index contributed by atoms with van der Waals surface area (Å²) in [6.45, 7) is 2.94. The van der Waals surface area contributed by atoms with Gasteiger partial charge in [-0.1, -0.05) is 30.3 Å². The summed E-state index contributed by atoms with van der Waals surface area (Å²) in [7, 11) is 0. The van der Waals surface area contributed by atoms with Crippen molar-refractivity contribution in [2.24, 2.45) is 0 Å². The number of rotatable bonds is 3. The van der Waals surface area contributed by atoms with Crippen molar-refractivity contribution in [3.63, 3.8) is 0 Å². The zero-order valence-corrected chi connectivity index (χ0v) is 13.1. The van der Waals surface area contributed by atoms with Crippen LogP contribution in [-0.2, 0) is 6.54 Å². The molecule has 0 aliphatic carbocycles. The van der Waals surface area contributed by atoms with Crippen LogP contribution < -0.4 is 19.5 Å². The maximum atomic E-state index is 5.90. The van der Waals surface area contributed by atoms with Crippen LogP contribution in [0.2, 0.25) is 0 Å². The second kappa shape index (κ2) is 6.50. The Morgan fingerprint density at radius 2 is 1.70 bits per heavy atom. The molecule has 2 aromatic rings. The summed E-state index contributed by atoms with van der Waals surface area (Å²) in [5, 5.41) is 3.65. The van der Waals surface area contributed by atoms with Crippen LogP contribution in [-0.4, -0.2) is 19.8 Å². The lowest BCUT2D eigenvalue weighted by Crippen LogP contribution is -2.26. The average Bonchev–Trinajstić information content (AvgIpc) is 2.85. The Kier molecular flexibility index (Phi) is 4.07. The lowest BCUT2D eigenvalue weighted by Gasteiger charge is -2.27. The van der Waals surface area contributed by atoms with Gasteiger partial charge >= 0.3 is 0 Å². The number of nitrogens with one attached hydrogen (secondary N) is 1. The van der Waals surface area contributed by atoms with Crippen LogP contribution in [0.25, 0.3) is 0 Å². The van der Waals surface area contributed by atoms with E-state index in [0.717, 1.165) is 55.4 Å². The molecule has 0 unspecified atom stereocenters. The van der Waals surface area contributed by atoms with Gasteiger partial charge < -0.3 is 19.5 Å². The molecule has 0 radical (unpaired) electrons. The summed E-state index contributed by atoms with van der Waals surface area (Å²) < 4.78 is 17.4. The average molecular weight is 311 g/mol. The lowest BCUT2D eigenvalue weighted by atomic mass is 10.00. The van der Waals surface area contributed by atoms with E-state index in [0.29, 0.717) is 12.6 Å². The Morgan fingerprint density at radius 1 is 0.870 bits per heavy atom. The van der Waals surface area contributed by atoms with E-state index in [1.165, 1.54) is 5.56 Å². The van der Waals surface area contributed by atoms with Crippen molar-refractivity contribution < 1.29 is 14.2 Å². The summed E-state index contributed by atoms with van der Waals surface area (Å²) in [5.41, 5.74) is 2.38. The van der Waals surface area contributed by atoms with Crippen LogP contribution in [0.3, 0.4) is 0 Å². The van der Waals surface area contributed by atoms with Crippen molar-refractivity contribution in [1.29, 1.82) is 0 Å².